The predicted octanol–water partition coefficient (Wildman–Crippen LogP) is 0.998. The summed E-state index contributed by atoms with van der Waals surface area (Å²) >= 11 is 0. The van der Waals surface area contributed by atoms with Crippen molar-refractivity contribution in [2.45, 2.75) is 44.6 Å². The van der Waals surface area contributed by atoms with Crippen molar-refractivity contribution in [2.75, 3.05) is 7.11 Å². The number of hydrogen-bond donors (Lipinski definition) is 1. The average Bonchev–Trinajstić information content (AvgIpc) is 2.39. The molecule has 4 heteroatoms. The zero-order chi connectivity index (χ0) is 10.4. The van der Waals surface area contributed by atoms with Crippen molar-refractivity contribution in [3.05, 3.63) is 0 Å². The summed E-state index contributed by atoms with van der Waals surface area (Å²) in [6.45, 7) is 0. The minimum Gasteiger partial charge on any atom is -0.469 e. The molecule has 0 aromatic rings. The van der Waals surface area contributed by atoms with Gasteiger partial charge in [0.25, 0.3) is 0 Å². The Morgan fingerprint density at radius 2 is 2.36 bits per heavy atom. The molecule has 0 saturated carbocycles. The maximum Gasteiger partial charge on any atom is 0.305 e. The molecule has 1 N–H and O–H groups in total. The monoisotopic (exact) mass is 199 g/mol. The number of carbonyl (C=O) groups excluding carboxylic acids is 2. The standard InChI is InChI=1S/C10H17NO3/c1-14-10(13)7-6-8-4-2-3-5-9(12)11-8/h8H,2-7H2,1H3,(H,11,12). The molecular weight excluding hydrogens is 182 g/mol. The third kappa shape index (κ3) is 3.77. The minimum atomic E-state index is -0.205. The molecule has 0 radical (unpaired) electrons. The SMILES string of the molecule is COC(=O)CCC1CCCCC(=O)N1. The van der Waals surface area contributed by atoms with Crippen molar-refractivity contribution in [3.63, 3.8) is 0 Å². The van der Waals surface area contributed by atoms with Gasteiger partial charge in [-0.2, -0.15) is 0 Å². The number of methoxy groups -OCH3 is 1. The van der Waals surface area contributed by atoms with Gasteiger partial charge in [-0.15, -0.1) is 0 Å². The van der Waals surface area contributed by atoms with Crippen LogP contribution in [-0.2, 0) is 14.3 Å². The molecule has 80 valence electrons. The first-order chi connectivity index (χ1) is 6.72. The molecule has 0 bridgehead atoms. The predicted molar refractivity (Wildman–Crippen MR) is 51.6 cm³/mol. The van der Waals surface area contributed by atoms with E-state index in [1.165, 1.54) is 7.11 Å². The van der Waals surface area contributed by atoms with E-state index in [1.807, 2.05) is 0 Å². The number of hydrogen-bond acceptors (Lipinski definition) is 3. The van der Waals surface area contributed by atoms with Crippen molar-refractivity contribution >= 4 is 11.9 Å². The molecule has 1 atom stereocenters. The van der Waals surface area contributed by atoms with E-state index in [9.17, 15) is 9.59 Å². The first kappa shape index (κ1) is 11.0. The highest BCUT2D eigenvalue weighted by molar-refractivity contribution is 5.76. The summed E-state index contributed by atoms with van der Waals surface area (Å²) in [7, 11) is 1.38. The average molecular weight is 199 g/mol. The summed E-state index contributed by atoms with van der Waals surface area (Å²) in [6.07, 6.45) is 4.70. The highest BCUT2D eigenvalue weighted by atomic mass is 16.5. The lowest BCUT2D eigenvalue weighted by molar-refractivity contribution is -0.141. The lowest BCUT2D eigenvalue weighted by atomic mass is 10.1. The molecule has 0 aromatic heterocycles. The second-order valence-electron chi connectivity index (χ2n) is 3.63. The van der Waals surface area contributed by atoms with Crippen LogP contribution in [0.3, 0.4) is 0 Å². The topological polar surface area (TPSA) is 55.4 Å². The Labute approximate surface area is 84.0 Å². The molecule has 1 amide bonds. The Morgan fingerprint density at radius 3 is 3.07 bits per heavy atom. The zero-order valence-electron chi connectivity index (χ0n) is 8.54. The van der Waals surface area contributed by atoms with E-state index >= 15 is 0 Å². The minimum absolute atomic E-state index is 0.109. The number of rotatable bonds is 3. The van der Waals surface area contributed by atoms with Crippen molar-refractivity contribution in [3.8, 4) is 0 Å². The molecular formula is C10H17NO3. The molecule has 4 nitrogen and oxygen atoms in total. The van der Waals surface area contributed by atoms with Gasteiger partial charge in [0, 0.05) is 18.9 Å². The Balaban J connectivity index is 2.28. The van der Waals surface area contributed by atoms with Crippen LogP contribution < -0.4 is 5.32 Å². The Bertz CT molecular complexity index is 215. The molecule has 0 spiro atoms. The number of nitrogens with one attached hydrogen (secondary N) is 1. The third-order valence-electron chi connectivity index (χ3n) is 2.50. The summed E-state index contributed by atoms with van der Waals surface area (Å²) < 4.78 is 4.55. The van der Waals surface area contributed by atoms with Crippen LogP contribution in [0.15, 0.2) is 0 Å². The second-order valence-corrected chi connectivity index (χ2v) is 3.63. The number of esters is 1. The number of ether oxygens (including phenoxy) is 1. The van der Waals surface area contributed by atoms with Crippen LogP contribution in [0.2, 0.25) is 0 Å². The molecule has 1 heterocycles. The van der Waals surface area contributed by atoms with E-state index in [1.54, 1.807) is 0 Å². The van der Waals surface area contributed by atoms with Crippen LogP contribution in [0.4, 0.5) is 0 Å². The summed E-state index contributed by atoms with van der Waals surface area (Å²) in [5, 5.41) is 2.91. The molecule has 0 aliphatic carbocycles. The quantitative estimate of drug-likeness (QED) is 0.690. The van der Waals surface area contributed by atoms with Crippen molar-refractivity contribution in [1.29, 1.82) is 0 Å². The molecule has 1 saturated heterocycles. The lowest BCUT2D eigenvalue weighted by Crippen LogP contribution is -2.33. The molecule has 1 unspecified atom stereocenters. The van der Waals surface area contributed by atoms with Crippen LogP contribution in [-0.4, -0.2) is 25.0 Å². The lowest BCUT2D eigenvalue weighted by Gasteiger charge is -2.14. The van der Waals surface area contributed by atoms with Gasteiger partial charge in [0.05, 0.1) is 7.11 Å². The van der Waals surface area contributed by atoms with E-state index in [4.69, 9.17) is 0 Å². The van der Waals surface area contributed by atoms with Crippen molar-refractivity contribution < 1.29 is 14.3 Å². The maximum atomic E-state index is 11.2. The van der Waals surface area contributed by atoms with Crippen LogP contribution >= 0.6 is 0 Å². The van der Waals surface area contributed by atoms with E-state index in [2.05, 4.69) is 10.1 Å². The fourth-order valence-corrected chi connectivity index (χ4v) is 1.66. The van der Waals surface area contributed by atoms with E-state index in [-0.39, 0.29) is 17.9 Å². The third-order valence-corrected chi connectivity index (χ3v) is 2.50. The van der Waals surface area contributed by atoms with Crippen LogP contribution in [0.1, 0.15) is 38.5 Å². The zero-order valence-corrected chi connectivity index (χ0v) is 8.54. The van der Waals surface area contributed by atoms with Gasteiger partial charge in [0.1, 0.15) is 0 Å². The van der Waals surface area contributed by atoms with E-state index in [0.29, 0.717) is 19.3 Å². The van der Waals surface area contributed by atoms with Gasteiger partial charge in [0.2, 0.25) is 5.91 Å². The fourth-order valence-electron chi connectivity index (χ4n) is 1.66. The summed E-state index contributed by atoms with van der Waals surface area (Å²) in [4.78, 5) is 22.1. The molecule has 1 fully saturated rings. The summed E-state index contributed by atoms with van der Waals surface area (Å²) in [6, 6.07) is 0.157. The highest BCUT2D eigenvalue weighted by Crippen LogP contribution is 2.13. The first-order valence-electron chi connectivity index (χ1n) is 5.08. The van der Waals surface area contributed by atoms with Gasteiger partial charge in [-0.25, -0.2) is 0 Å². The van der Waals surface area contributed by atoms with E-state index in [0.717, 1.165) is 19.3 Å². The van der Waals surface area contributed by atoms with Crippen molar-refractivity contribution in [1.82, 2.24) is 5.32 Å². The molecule has 1 rings (SSSR count). The summed E-state index contributed by atoms with van der Waals surface area (Å²) in [5.74, 6) is -0.0964. The van der Waals surface area contributed by atoms with Crippen LogP contribution in [0.25, 0.3) is 0 Å². The molecule has 0 aromatic carbocycles. The van der Waals surface area contributed by atoms with Gasteiger partial charge in [0.15, 0.2) is 0 Å². The Hall–Kier alpha value is -1.06. The Kier molecular flexibility index (Phi) is 4.43. The maximum absolute atomic E-state index is 11.2. The van der Waals surface area contributed by atoms with Gasteiger partial charge in [-0.3, -0.25) is 9.59 Å². The number of amides is 1. The largest absolute Gasteiger partial charge is 0.469 e. The summed E-state index contributed by atoms with van der Waals surface area (Å²) in [5.41, 5.74) is 0. The van der Waals surface area contributed by atoms with Crippen LogP contribution in [0, 0.1) is 0 Å². The normalized spacial score (nSPS) is 22.4. The molecule has 14 heavy (non-hydrogen) atoms. The van der Waals surface area contributed by atoms with Crippen molar-refractivity contribution in [2.24, 2.45) is 0 Å². The second kappa shape index (κ2) is 5.62. The smallest absolute Gasteiger partial charge is 0.305 e. The van der Waals surface area contributed by atoms with Crippen LogP contribution in [0.5, 0.6) is 0 Å². The highest BCUT2D eigenvalue weighted by Gasteiger charge is 2.17. The number of carbonyl (C=O) groups is 2. The fraction of sp³-hybridized carbons (Fsp3) is 0.800. The van der Waals surface area contributed by atoms with Gasteiger partial charge in [-0.05, 0) is 19.3 Å². The van der Waals surface area contributed by atoms with Gasteiger partial charge >= 0.3 is 5.97 Å². The molecule has 1 aliphatic rings. The Morgan fingerprint density at radius 1 is 1.57 bits per heavy atom. The van der Waals surface area contributed by atoms with E-state index < -0.39 is 0 Å². The van der Waals surface area contributed by atoms with Gasteiger partial charge in [-0.1, -0.05) is 6.42 Å². The first-order valence-corrected chi connectivity index (χ1v) is 5.08. The molecule has 1 aliphatic heterocycles. The van der Waals surface area contributed by atoms with Gasteiger partial charge < -0.3 is 10.1 Å².